The molecular formula is C19H22N2O3. The van der Waals surface area contributed by atoms with Crippen LogP contribution in [0.5, 0.6) is 5.75 Å². The van der Waals surface area contributed by atoms with E-state index in [4.69, 9.17) is 0 Å². The van der Waals surface area contributed by atoms with Crippen molar-refractivity contribution in [1.29, 1.82) is 0 Å². The number of hydrogen-bond donors (Lipinski definition) is 2. The van der Waals surface area contributed by atoms with Gasteiger partial charge in [-0.1, -0.05) is 24.3 Å². The molecule has 24 heavy (non-hydrogen) atoms. The molecule has 2 aromatic carbocycles. The molecule has 0 aliphatic heterocycles. The number of phenols is 1. The van der Waals surface area contributed by atoms with Crippen molar-refractivity contribution in [2.45, 2.75) is 20.8 Å². The minimum Gasteiger partial charge on any atom is -0.507 e. The first-order chi connectivity index (χ1) is 11.3. The lowest BCUT2D eigenvalue weighted by atomic mass is 10.1. The van der Waals surface area contributed by atoms with Crippen molar-refractivity contribution >= 4 is 17.5 Å². The van der Waals surface area contributed by atoms with E-state index in [2.05, 4.69) is 5.32 Å². The van der Waals surface area contributed by atoms with Crippen molar-refractivity contribution in [1.82, 2.24) is 4.90 Å². The van der Waals surface area contributed by atoms with Gasteiger partial charge in [0.25, 0.3) is 5.91 Å². The summed E-state index contributed by atoms with van der Waals surface area (Å²) in [6.45, 7) is 5.53. The van der Waals surface area contributed by atoms with Crippen molar-refractivity contribution in [3.8, 4) is 5.75 Å². The quantitative estimate of drug-likeness (QED) is 0.907. The lowest BCUT2D eigenvalue weighted by Gasteiger charge is -2.18. The molecule has 2 N–H and O–H groups in total. The van der Waals surface area contributed by atoms with Gasteiger partial charge in [-0.05, 0) is 49.6 Å². The van der Waals surface area contributed by atoms with Gasteiger partial charge in [0.05, 0.1) is 12.1 Å². The van der Waals surface area contributed by atoms with Crippen molar-refractivity contribution < 1.29 is 14.7 Å². The summed E-state index contributed by atoms with van der Waals surface area (Å²) >= 11 is 0. The number of para-hydroxylation sites is 1. The molecule has 0 heterocycles. The Balaban J connectivity index is 2.07. The molecule has 0 saturated carbocycles. The van der Waals surface area contributed by atoms with Crippen LogP contribution in [0, 0.1) is 20.8 Å². The normalized spacial score (nSPS) is 10.3. The zero-order chi connectivity index (χ0) is 17.9. The number of carbonyl (C=O) groups is 2. The van der Waals surface area contributed by atoms with Crippen LogP contribution in [0.4, 0.5) is 5.69 Å². The largest absolute Gasteiger partial charge is 0.507 e. The Hall–Kier alpha value is -2.82. The number of rotatable bonds is 4. The smallest absolute Gasteiger partial charge is 0.257 e. The van der Waals surface area contributed by atoms with Crippen LogP contribution >= 0.6 is 0 Å². The van der Waals surface area contributed by atoms with Gasteiger partial charge in [-0.15, -0.1) is 0 Å². The van der Waals surface area contributed by atoms with Crippen molar-refractivity contribution in [3.63, 3.8) is 0 Å². The summed E-state index contributed by atoms with van der Waals surface area (Å²) in [7, 11) is 1.53. The highest BCUT2D eigenvalue weighted by Gasteiger charge is 2.19. The number of aryl methyl sites for hydroxylation is 2. The first kappa shape index (κ1) is 17.5. The molecule has 126 valence electrons. The number of amides is 2. The zero-order valence-electron chi connectivity index (χ0n) is 14.4. The first-order valence-electron chi connectivity index (χ1n) is 7.71. The van der Waals surface area contributed by atoms with Gasteiger partial charge in [0, 0.05) is 12.7 Å². The van der Waals surface area contributed by atoms with Crippen LogP contribution in [0.1, 0.15) is 27.0 Å². The molecule has 5 heteroatoms. The average molecular weight is 326 g/mol. The third kappa shape index (κ3) is 3.74. The van der Waals surface area contributed by atoms with Gasteiger partial charge in [-0.3, -0.25) is 9.59 Å². The van der Waals surface area contributed by atoms with E-state index in [9.17, 15) is 14.7 Å². The summed E-state index contributed by atoms with van der Waals surface area (Å²) in [5, 5.41) is 12.8. The minimum absolute atomic E-state index is 0.0516. The molecule has 5 nitrogen and oxygen atoms in total. The van der Waals surface area contributed by atoms with Crippen LogP contribution < -0.4 is 5.32 Å². The van der Waals surface area contributed by atoms with Gasteiger partial charge in [0.2, 0.25) is 5.91 Å². The number of hydrogen-bond acceptors (Lipinski definition) is 3. The van der Waals surface area contributed by atoms with Crippen LogP contribution in [-0.2, 0) is 4.79 Å². The molecule has 0 unspecified atom stereocenters. The fourth-order valence-electron chi connectivity index (χ4n) is 2.40. The van der Waals surface area contributed by atoms with E-state index in [-0.39, 0.29) is 23.8 Å². The predicted octanol–water partition coefficient (Wildman–Crippen LogP) is 3.03. The predicted molar refractivity (Wildman–Crippen MR) is 94.4 cm³/mol. The van der Waals surface area contributed by atoms with Crippen LogP contribution in [0.2, 0.25) is 0 Å². The van der Waals surface area contributed by atoms with Crippen LogP contribution in [-0.4, -0.2) is 35.4 Å². The van der Waals surface area contributed by atoms with Crippen molar-refractivity contribution in [3.05, 3.63) is 58.7 Å². The maximum absolute atomic E-state index is 12.4. The van der Waals surface area contributed by atoms with Gasteiger partial charge >= 0.3 is 0 Å². The maximum Gasteiger partial charge on any atom is 0.257 e. The topological polar surface area (TPSA) is 69.6 Å². The number of likely N-dealkylation sites (N-methyl/N-ethyl adjacent to an activating group) is 1. The molecule has 0 atom stereocenters. The summed E-state index contributed by atoms with van der Waals surface area (Å²) < 4.78 is 0. The van der Waals surface area contributed by atoms with Gasteiger partial charge in [0.15, 0.2) is 0 Å². The summed E-state index contributed by atoms with van der Waals surface area (Å²) in [4.78, 5) is 25.9. The second kappa shape index (κ2) is 7.17. The SMILES string of the molecule is Cc1cccc(NC(=O)CN(C)C(=O)c2cccc(C)c2O)c1C. The Morgan fingerprint density at radius 3 is 2.38 bits per heavy atom. The molecule has 0 fully saturated rings. The maximum atomic E-state index is 12.4. The van der Waals surface area contributed by atoms with Gasteiger partial charge in [-0.25, -0.2) is 0 Å². The average Bonchev–Trinajstić information content (AvgIpc) is 2.53. The molecule has 0 radical (unpaired) electrons. The molecule has 2 aromatic rings. The van der Waals surface area contributed by atoms with Gasteiger partial charge < -0.3 is 15.3 Å². The molecule has 0 aliphatic rings. The van der Waals surface area contributed by atoms with Gasteiger partial charge in [-0.2, -0.15) is 0 Å². The number of benzene rings is 2. The fourth-order valence-corrected chi connectivity index (χ4v) is 2.40. The number of nitrogens with zero attached hydrogens (tertiary/aromatic N) is 1. The third-order valence-electron chi connectivity index (χ3n) is 4.07. The van der Waals surface area contributed by atoms with Crippen LogP contribution in [0.3, 0.4) is 0 Å². The number of phenolic OH excluding ortho intramolecular Hbond substituents is 1. The van der Waals surface area contributed by atoms with E-state index in [0.29, 0.717) is 5.56 Å². The van der Waals surface area contributed by atoms with Crippen molar-refractivity contribution in [2.75, 3.05) is 18.9 Å². The second-order valence-corrected chi connectivity index (χ2v) is 5.93. The van der Waals surface area contributed by atoms with E-state index in [1.807, 2.05) is 32.0 Å². The molecule has 0 aliphatic carbocycles. The Morgan fingerprint density at radius 2 is 1.67 bits per heavy atom. The number of anilines is 1. The van der Waals surface area contributed by atoms with Crippen LogP contribution in [0.15, 0.2) is 36.4 Å². The molecule has 0 saturated heterocycles. The molecular weight excluding hydrogens is 304 g/mol. The van der Waals surface area contributed by atoms with E-state index < -0.39 is 5.91 Å². The first-order valence-corrected chi connectivity index (χ1v) is 7.71. The summed E-state index contributed by atoms with van der Waals surface area (Å²) in [5.41, 5.74) is 3.63. The Kier molecular flexibility index (Phi) is 5.24. The van der Waals surface area contributed by atoms with E-state index in [1.165, 1.54) is 11.9 Å². The summed E-state index contributed by atoms with van der Waals surface area (Å²) in [6.07, 6.45) is 0. The number of carbonyl (C=O) groups excluding carboxylic acids is 2. The zero-order valence-corrected chi connectivity index (χ0v) is 14.4. The highest BCUT2D eigenvalue weighted by Crippen LogP contribution is 2.22. The van der Waals surface area contributed by atoms with E-state index in [1.54, 1.807) is 25.1 Å². The van der Waals surface area contributed by atoms with Gasteiger partial charge in [0.1, 0.15) is 5.75 Å². The molecule has 2 amide bonds. The Labute approximate surface area is 141 Å². The molecule has 0 spiro atoms. The highest BCUT2D eigenvalue weighted by atomic mass is 16.3. The monoisotopic (exact) mass is 326 g/mol. The number of aromatic hydroxyl groups is 1. The fraction of sp³-hybridized carbons (Fsp3) is 0.263. The van der Waals surface area contributed by atoms with Crippen molar-refractivity contribution in [2.24, 2.45) is 0 Å². The number of nitrogens with one attached hydrogen (secondary N) is 1. The van der Waals surface area contributed by atoms with E-state index in [0.717, 1.165) is 16.8 Å². The minimum atomic E-state index is -0.396. The molecule has 2 rings (SSSR count). The lowest BCUT2D eigenvalue weighted by Crippen LogP contribution is -2.35. The van der Waals surface area contributed by atoms with Crippen LogP contribution in [0.25, 0.3) is 0 Å². The Bertz CT molecular complexity index is 784. The lowest BCUT2D eigenvalue weighted by molar-refractivity contribution is -0.116. The second-order valence-electron chi connectivity index (χ2n) is 5.93. The molecule has 0 bridgehead atoms. The highest BCUT2D eigenvalue weighted by molar-refractivity contribution is 6.01. The summed E-state index contributed by atoms with van der Waals surface area (Å²) in [5.74, 6) is -0.733. The molecule has 0 aromatic heterocycles. The van der Waals surface area contributed by atoms with E-state index >= 15 is 0 Å². The third-order valence-corrected chi connectivity index (χ3v) is 4.07. The standard InChI is InChI=1S/C19H22N2O3/c1-12-7-6-10-16(14(12)3)20-17(22)11-21(4)19(24)15-9-5-8-13(2)18(15)23/h5-10,23H,11H2,1-4H3,(H,20,22). The summed E-state index contributed by atoms with van der Waals surface area (Å²) in [6, 6.07) is 10.6. The Morgan fingerprint density at radius 1 is 1.04 bits per heavy atom.